The average molecular weight is 437 g/mol. The highest BCUT2D eigenvalue weighted by molar-refractivity contribution is 6.00. The number of ether oxygens (including phenoxy) is 1. The fourth-order valence-corrected chi connectivity index (χ4v) is 4.36. The molecule has 0 N–H and O–H groups in total. The Bertz CT molecular complexity index is 979. The number of amides is 3. The van der Waals surface area contributed by atoms with E-state index in [2.05, 4.69) is 4.98 Å². The van der Waals surface area contributed by atoms with Crippen LogP contribution in [0.15, 0.2) is 48.7 Å². The van der Waals surface area contributed by atoms with Gasteiger partial charge in [0.05, 0.1) is 18.7 Å². The average Bonchev–Trinajstić information content (AvgIpc) is 2.81. The number of methoxy groups -OCH3 is 1. The van der Waals surface area contributed by atoms with Crippen LogP contribution in [0.1, 0.15) is 21.6 Å². The van der Waals surface area contributed by atoms with E-state index in [9.17, 15) is 14.4 Å². The van der Waals surface area contributed by atoms with Crippen LogP contribution in [0.2, 0.25) is 0 Å². The molecular formula is C24H28N4O4. The van der Waals surface area contributed by atoms with Gasteiger partial charge in [0.15, 0.2) is 0 Å². The monoisotopic (exact) mass is 436 g/mol. The molecule has 2 saturated heterocycles. The Morgan fingerprint density at radius 2 is 1.88 bits per heavy atom. The van der Waals surface area contributed by atoms with Gasteiger partial charge in [0.1, 0.15) is 12.1 Å². The number of nitrogens with zero attached hydrogens (tertiary/aromatic N) is 4. The molecule has 4 rings (SSSR count). The number of fused-ring (bicyclic) bond motifs is 1. The second-order valence-electron chi connectivity index (χ2n) is 8.22. The lowest BCUT2D eigenvalue weighted by Crippen LogP contribution is -2.70. The van der Waals surface area contributed by atoms with Crippen molar-refractivity contribution in [1.82, 2.24) is 19.7 Å². The Balaban J connectivity index is 1.64. The molecule has 168 valence electrons. The molecule has 0 spiro atoms. The number of hydrogen-bond donors (Lipinski definition) is 0. The minimum atomic E-state index is -0.678. The predicted molar refractivity (Wildman–Crippen MR) is 118 cm³/mol. The lowest BCUT2D eigenvalue weighted by molar-refractivity contribution is -0.160. The van der Waals surface area contributed by atoms with Crippen molar-refractivity contribution in [3.05, 3.63) is 65.5 Å². The van der Waals surface area contributed by atoms with Gasteiger partial charge in [-0.15, -0.1) is 0 Å². The topological polar surface area (TPSA) is 83.1 Å². The summed E-state index contributed by atoms with van der Waals surface area (Å²) in [6.45, 7) is 3.84. The molecule has 8 heteroatoms. The second-order valence-corrected chi connectivity index (χ2v) is 8.22. The largest absolute Gasteiger partial charge is 0.383 e. The number of pyridine rings is 1. The van der Waals surface area contributed by atoms with E-state index in [1.165, 1.54) is 6.20 Å². The van der Waals surface area contributed by atoms with Gasteiger partial charge in [0, 0.05) is 45.1 Å². The first-order valence-corrected chi connectivity index (χ1v) is 10.9. The third kappa shape index (κ3) is 4.36. The third-order valence-electron chi connectivity index (χ3n) is 6.15. The molecule has 2 aliphatic heterocycles. The highest BCUT2D eigenvalue weighted by Gasteiger charge is 2.48. The molecule has 1 aromatic carbocycles. The van der Waals surface area contributed by atoms with Crippen LogP contribution in [-0.4, -0.2) is 89.4 Å². The van der Waals surface area contributed by atoms with Gasteiger partial charge < -0.3 is 19.4 Å². The third-order valence-corrected chi connectivity index (χ3v) is 6.15. The highest BCUT2D eigenvalue weighted by Crippen LogP contribution is 2.26. The van der Waals surface area contributed by atoms with Crippen LogP contribution in [0.3, 0.4) is 0 Å². The Hall–Kier alpha value is -3.26. The van der Waals surface area contributed by atoms with Crippen LogP contribution in [0, 0.1) is 6.92 Å². The SMILES string of the molecule is COCCN1CCN2C(=O)[C@H](Cc3ccccc3)N(C(=O)c3ccc(C)nc3)C[C@H]2C1=O. The fraction of sp³-hybridized carbons (Fsp3) is 0.417. The zero-order valence-electron chi connectivity index (χ0n) is 18.4. The van der Waals surface area contributed by atoms with Crippen LogP contribution in [0.4, 0.5) is 0 Å². The van der Waals surface area contributed by atoms with Crippen molar-refractivity contribution in [3.8, 4) is 0 Å². The summed E-state index contributed by atoms with van der Waals surface area (Å²) in [5, 5.41) is 0. The predicted octanol–water partition coefficient (Wildman–Crippen LogP) is 1.14. The molecule has 0 unspecified atom stereocenters. The molecule has 3 amide bonds. The summed E-state index contributed by atoms with van der Waals surface area (Å²) in [7, 11) is 1.59. The zero-order valence-corrected chi connectivity index (χ0v) is 18.4. The Kier molecular flexibility index (Phi) is 6.50. The number of carbonyl (C=O) groups is 3. The van der Waals surface area contributed by atoms with Gasteiger partial charge in [-0.3, -0.25) is 19.4 Å². The molecule has 0 bridgehead atoms. The molecule has 8 nitrogen and oxygen atoms in total. The first-order chi connectivity index (χ1) is 15.5. The van der Waals surface area contributed by atoms with Crippen LogP contribution < -0.4 is 0 Å². The van der Waals surface area contributed by atoms with Gasteiger partial charge in [-0.2, -0.15) is 0 Å². The van der Waals surface area contributed by atoms with Crippen molar-refractivity contribution >= 4 is 17.7 Å². The first-order valence-electron chi connectivity index (χ1n) is 10.9. The Labute approximate surface area is 187 Å². The number of carbonyl (C=O) groups excluding carboxylic acids is 3. The molecule has 3 heterocycles. The number of hydrogen-bond acceptors (Lipinski definition) is 5. The molecule has 0 saturated carbocycles. The van der Waals surface area contributed by atoms with Gasteiger partial charge in [-0.1, -0.05) is 30.3 Å². The van der Waals surface area contributed by atoms with E-state index >= 15 is 0 Å². The van der Waals surface area contributed by atoms with Gasteiger partial charge >= 0.3 is 0 Å². The van der Waals surface area contributed by atoms with Crippen molar-refractivity contribution < 1.29 is 19.1 Å². The highest BCUT2D eigenvalue weighted by atomic mass is 16.5. The summed E-state index contributed by atoms with van der Waals surface area (Å²) >= 11 is 0. The van der Waals surface area contributed by atoms with Gasteiger partial charge in [0.25, 0.3) is 5.91 Å². The van der Waals surface area contributed by atoms with Crippen LogP contribution in [0.25, 0.3) is 0 Å². The number of aryl methyl sites for hydroxylation is 1. The molecule has 32 heavy (non-hydrogen) atoms. The van der Waals surface area contributed by atoms with Gasteiger partial charge in [0.2, 0.25) is 11.8 Å². The van der Waals surface area contributed by atoms with E-state index in [0.717, 1.165) is 11.3 Å². The van der Waals surface area contributed by atoms with Crippen molar-refractivity contribution in [3.63, 3.8) is 0 Å². The van der Waals surface area contributed by atoms with E-state index in [0.29, 0.717) is 38.2 Å². The summed E-state index contributed by atoms with van der Waals surface area (Å²) < 4.78 is 5.11. The number of benzene rings is 1. The normalized spacial score (nSPS) is 21.0. The zero-order chi connectivity index (χ0) is 22.7. The van der Waals surface area contributed by atoms with Crippen molar-refractivity contribution in [2.45, 2.75) is 25.4 Å². The molecule has 2 aromatic rings. The maximum Gasteiger partial charge on any atom is 0.256 e. The smallest absolute Gasteiger partial charge is 0.256 e. The van der Waals surface area contributed by atoms with Gasteiger partial charge in [-0.25, -0.2) is 0 Å². The summed E-state index contributed by atoms with van der Waals surface area (Å²) in [6.07, 6.45) is 1.93. The fourth-order valence-electron chi connectivity index (χ4n) is 4.36. The van der Waals surface area contributed by atoms with E-state index in [-0.39, 0.29) is 24.3 Å². The van der Waals surface area contributed by atoms with Crippen LogP contribution >= 0.6 is 0 Å². The quantitative estimate of drug-likeness (QED) is 0.678. The lowest BCUT2D eigenvalue weighted by Gasteiger charge is -2.49. The summed E-state index contributed by atoms with van der Waals surface area (Å²) in [6, 6.07) is 11.8. The Morgan fingerprint density at radius 3 is 2.56 bits per heavy atom. The number of rotatable bonds is 6. The molecule has 0 radical (unpaired) electrons. The van der Waals surface area contributed by atoms with E-state index in [1.807, 2.05) is 37.3 Å². The van der Waals surface area contributed by atoms with E-state index in [4.69, 9.17) is 4.74 Å². The molecule has 2 aliphatic rings. The maximum absolute atomic E-state index is 13.6. The molecule has 0 aliphatic carbocycles. The molecule has 2 atom stereocenters. The van der Waals surface area contributed by atoms with Crippen LogP contribution in [-0.2, 0) is 20.7 Å². The van der Waals surface area contributed by atoms with Gasteiger partial charge in [-0.05, 0) is 24.6 Å². The number of aromatic nitrogens is 1. The molecule has 2 fully saturated rings. The first kappa shape index (κ1) is 22.0. The number of piperazine rings is 2. The Morgan fingerprint density at radius 1 is 1.09 bits per heavy atom. The van der Waals surface area contributed by atoms with E-state index < -0.39 is 12.1 Å². The van der Waals surface area contributed by atoms with E-state index in [1.54, 1.807) is 33.9 Å². The summed E-state index contributed by atoms with van der Waals surface area (Å²) in [5.74, 6) is -0.605. The van der Waals surface area contributed by atoms with Crippen LogP contribution in [0.5, 0.6) is 0 Å². The summed E-state index contributed by atoms with van der Waals surface area (Å²) in [5.41, 5.74) is 2.18. The second kappa shape index (κ2) is 9.48. The van der Waals surface area contributed by atoms with Crippen molar-refractivity contribution in [2.75, 3.05) is 39.9 Å². The minimum absolute atomic E-state index is 0.139. The summed E-state index contributed by atoms with van der Waals surface area (Å²) in [4.78, 5) is 49.3. The maximum atomic E-state index is 13.6. The molecular weight excluding hydrogens is 408 g/mol. The van der Waals surface area contributed by atoms with Crippen molar-refractivity contribution in [2.24, 2.45) is 0 Å². The minimum Gasteiger partial charge on any atom is -0.383 e. The lowest BCUT2D eigenvalue weighted by atomic mass is 9.95. The van der Waals surface area contributed by atoms with Crippen molar-refractivity contribution in [1.29, 1.82) is 0 Å². The standard InChI is InChI=1S/C24H28N4O4/c1-17-8-9-19(15-25-17)22(29)28-16-21-23(30)26(12-13-32-2)10-11-27(21)24(31)20(28)14-18-6-4-3-5-7-18/h3-9,15,20-21H,10-14,16H2,1-2H3/t20-,21-/m0/s1. The molecule has 1 aromatic heterocycles.